The van der Waals surface area contributed by atoms with E-state index < -0.39 is 0 Å². The molecule has 3 aromatic rings. The number of hydrogen-bond acceptors (Lipinski definition) is 3. The Morgan fingerprint density at radius 2 is 1.86 bits per heavy atom. The molecule has 2 aromatic carbocycles. The van der Waals surface area contributed by atoms with Gasteiger partial charge in [-0.2, -0.15) is 0 Å². The molecule has 0 fully saturated rings. The molecule has 0 amide bonds. The topological polar surface area (TPSA) is 39.2 Å². The van der Waals surface area contributed by atoms with Crippen molar-refractivity contribution in [1.82, 2.24) is 4.98 Å². The van der Waals surface area contributed by atoms with E-state index in [0.717, 1.165) is 24.7 Å². The van der Waals surface area contributed by atoms with Gasteiger partial charge in [-0.05, 0) is 0 Å². The van der Waals surface area contributed by atoms with E-state index in [1.165, 1.54) is 0 Å². The van der Waals surface area contributed by atoms with Crippen molar-refractivity contribution in [2.75, 3.05) is 0 Å². The van der Waals surface area contributed by atoms with E-state index >= 15 is 0 Å². The number of ether oxygens (including phenoxy) is 1. The fourth-order valence-electron chi connectivity index (χ4n) is 2.39. The number of halogens is 1. The minimum atomic E-state index is -0.0823. The van der Waals surface area contributed by atoms with Crippen molar-refractivity contribution in [2.24, 2.45) is 0 Å². The molecule has 22 heavy (non-hydrogen) atoms. The van der Waals surface area contributed by atoms with Crippen LogP contribution < -0.4 is 4.74 Å². The SMILES string of the molecule is O=C1c2ccccc2OCc2nc(-c3ccc(Br)cc3)[se]c21. The Morgan fingerprint density at radius 3 is 2.68 bits per heavy atom. The second kappa shape index (κ2) is 5.50. The molecule has 3 nitrogen and oxygen atoms in total. The van der Waals surface area contributed by atoms with E-state index in [1.807, 2.05) is 48.5 Å². The molecule has 0 saturated carbocycles. The number of fused-ring (bicyclic) bond motifs is 2. The zero-order valence-corrected chi connectivity index (χ0v) is 14.7. The molecule has 1 aliphatic rings. The molecule has 0 atom stereocenters. The Hall–Kier alpha value is -1.68. The van der Waals surface area contributed by atoms with Crippen LogP contribution in [0.2, 0.25) is 0 Å². The fourth-order valence-corrected chi connectivity index (χ4v) is 4.81. The molecular weight excluding hydrogens is 409 g/mol. The summed E-state index contributed by atoms with van der Waals surface area (Å²) in [5.74, 6) is 0.706. The van der Waals surface area contributed by atoms with Gasteiger partial charge in [0.15, 0.2) is 0 Å². The van der Waals surface area contributed by atoms with Gasteiger partial charge < -0.3 is 0 Å². The first-order valence-corrected chi connectivity index (χ1v) is 9.25. The summed E-state index contributed by atoms with van der Waals surface area (Å²) < 4.78 is 8.59. The third-order valence-corrected chi connectivity index (χ3v) is 6.42. The predicted molar refractivity (Wildman–Crippen MR) is 88.5 cm³/mol. The zero-order valence-electron chi connectivity index (χ0n) is 11.4. The van der Waals surface area contributed by atoms with Crippen molar-refractivity contribution in [2.45, 2.75) is 6.61 Å². The average molecular weight is 419 g/mol. The molecule has 0 N–H and O–H groups in total. The van der Waals surface area contributed by atoms with Crippen LogP contribution in [0.15, 0.2) is 53.0 Å². The summed E-state index contributed by atoms with van der Waals surface area (Å²) >= 11 is 3.35. The fraction of sp³-hybridized carbons (Fsp3) is 0.0588. The Balaban J connectivity index is 1.80. The summed E-state index contributed by atoms with van der Waals surface area (Å²) in [6, 6.07) is 15.4. The maximum absolute atomic E-state index is 12.7. The van der Waals surface area contributed by atoms with E-state index in [1.54, 1.807) is 0 Å². The van der Waals surface area contributed by atoms with Crippen LogP contribution in [-0.4, -0.2) is 25.3 Å². The Kier molecular flexibility index (Phi) is 3.49. The van der Waals surface area contributed by atoms with E-state index in [4.69, 9.17) is 4.74 Å². The third-order valence-electron chi connectivity index (χ3n) is 3.49. The summed E-state index contributed by atoms with van der Waals surface area (Å²) in [5, 5.41) is 0. The van der Waals surface area contributed by atoms with Crippen LogP contribution in [-0.2, 0) is 6.61 Å². The molecule has 1 aliphatic heterocycles. The van der Waals surface area contributed by atoms with Gasteiger partial charge in [-0.15, -0.1) is 0 Å². The van der Waals surface area contributed by atoms with Gasteiger partial charge in [0.25, 0.3) is 0 Å². The first-order valence-electron chi connectivity index (χ1n) is 6.74. The first kappa shape index (κ1) is 13.9. The molecule has 0 saturated heterocycles. The number of rotatable bonds is 1. The van der Waals surface area contributed by atoms with Crippen LogP contribution >= 0.6 is 15.9 Å². The summed E-state index contributed by atoms with van der Waals surface area (Å²) in [6.45, 7) is 0.361. The van der Waals surface area contributed by atoms with Crippen LogP contribution in [0.4, 0.5) is 0 Å². The molecule has 0 radical (unpaired) electrons. The molecule has 2 heterocycles. The van der Waals surface area contributed by atoms with Gasteiger partial charge in [0.2, 0.25) is 0 Å². The molecule has 0 spiro atoms. The Labute approximate surface area is 141 Å². The maximum atomic E-state index is 12.7. The normalized spacial score (nSPS) is 13.0. The zero-order chi connectivity index (χ0) is 15.1. The van der Waals surface area contributed by atoms with Crippen molar-refractivity contribution in [3.05, 3.63) is 68.7 Å². The average Bonchev–Trinajstić information content (AvgIpc) is 2.92. The standard InChI is InChI=1S/C17H10BrNO2Se/c18-11-7-5-10(6-8-11)17-19-13-9-21-14-4-2-1-3-12(14)15(20)16(13)22-17/h1-8H,9H2. The van der Waals surface area contributed by atoms with Crippen LogP contribution in [0.3, 0.4) is 0 Å². The van der Waals surface area contributed by atoms with Crippen LogP contribution in [0.25, 0.3) is 10.1 Å². The Bertz CT molecular complexity index is 871. The molecule has 0 unspecified atom stereocenters. The summed E-state index contributed by atoms with van der Waals surface area (Å²) in [6.07, 6.45) is 0. The predicted octanol–water partition coefficient (Wildman–Crippen LogP) is 3.69. The number of para-hydroxylation sites is 1. The van der Waals surface area contributed by atoms with Crippen molar-refractivity contribution in [3.63, 3.8) is 0 Å². The molecular formula is C17H10BrNO2Se. The number of carbonyl (C=O) groups is 1. The second-order valence-corrected chi connectivity index (χ2v) is 7.93. The van der Waals surface area contributed by atoms with E-state index in [2.05, 4.69) is 20.9 Å². The molecule has 1 aromatic heterocycles. The van der Waals surface area contributed by atoms with Gasteiger partial charge in [0, 0.05) is 0 Å². The Morgan fingerprint density at radius 1 is 1.09 bits per heavy atom. The minimum absolute atomic E-state index is 0.0546. The molecule has 4 rings (SSSR count). The second-order valence-electron chi connectivity index (χ2n) is 4.92. The first-order chi connectivity index (χ1) is 10.7. The van der Waals surface area contributed by atoms with Crippen LogP contribution in [0.1, 0.15) is 20.5 Å². The number of aromatic nitrogens is 1. The van der Waals surface area contributed by atoms with Crippen LogP contribution in [0.5, 0.6) is 5.75 Å². The van der Waals surface area contributed by atoms with Gasteiger partial charge in [-0.25, -0.2) is 0 Å². The molecule has 0 bridgehead atoms. The van der Waals surface area contributed by atoms with Crippen molar-refractivity contribution in [1.29, 1.82) is 0 Å². The van der Waals surface area contributed by atoms with Gasteiger partial charge in [-0.3, -0.25) is 0 Å². The van der Waals surface area contributed by atoms with Gasteiger partial charge >= 0.3 is 142 Å². The summed E-state index contributed by atoms with van der Waals surface area (Å²) in [7, 11) is 0. The van der Waals surface area contributed by atoms with Gasteiger partial charge in [-0.1, -0.05) is 0 Å². The van der Waals surface area contributed by atoms with Crippen LogP contribution in [0, 0.1) is 0 Å². The molecule has 5 heteroatoms. The summed E-state index contributed by atoms with van der Waals surface area (Å²) in [4.78, 5) is 17.4. The van der Waals surface area contributed by atoms with Gasteiger partial charge in [0.05, 0.1) is 0 Å². The van der Waals surface area contributed by atoms with E-state index in [-0.39, 0.29) is 20.3 Å². The number of carbonyl (C=O) groups excluding carboxylic acids is 1. The molecule has 108 valence electrons. The van der Waals surface area contributed by atoms with E-state index in [0.29, 0.717) is 17.9 Å². The third kappa shape index (κ3) is 2.35. The van der Waals surface area contributed by atoms with Crippen molar-refractivity contribution < 1.29 is 9.53 Å². The number of nitrogens with zero attached hydrogens (tertiary/aromatic N) is 1. The number of hydrogen-bond donors (Lipinski definition) is 0. The number of benzene rings is 2. The quantitative estimate of drug-likeness (QED) is 0.565. The van der Waals surface area contributed by atoms with Gasteiger partial charge in [0.1, 0.15) is 0 Å². The van der Waals surface area contributed by atoms with Crippen molar-refractivity contribution >= 4 is 36.2 Å². The number of ketones is 1. The van der Waals surface area contributed by atoms with Crippen molar-refractivity contribution in [3.8, 4) is 15.9 Å². The van der Waals surface area contributed by atoms with E-state index in [9.17, 15) is 4.79 Å². The monoisotopic (exact) mass is 419 g/mol. The summed E-state index contributed by atoms with van der Waals surface area (Å²) in [5.41, 5.74) is 2.48. The molecule has 0 aliphatic carbocycles.